The molecule has 0 unspecified atom stereocenters. The molecule has 174 valence electrons. The Morgan fingerprint density at radius 3 is 2.16 bits per heavy atom. The molecule has 2 aromatic rings. The third-order valence-corrected chi connectivity index (χ3v) is 5.58. The highest BCUT2D eigenvalue weighted by Crippen LogP contribution is 2.39. The molecule has 32 heavy (non-hydrogen) atoms. The molecule has 2 aromatic carbocycles. The first kappa shape index (κ1) is 23.8. The first-order chi connectivity index (χ1) is 15.5. The standard InChI is InChI=1S/C23H30ClN3O5/c1-29-20-15-18(16-21(30-2)22(20)31-3)25-23(28)32-14-4-9-26-10-12-27(13-11-26)19-7-5-17(24)6-8-19/h5-8,15-16H,4,9-14H2,1-3H3,(H,25,28). The monoisotopic (exact) mass is 463 g/mol. The first-order valence-electron chi connectivity index (χ1n) is 10.5. The van der Waals surface area contributed by atoms with Crippen LogP contribution in [0.3, 0.4) is 0 Å². The number of hydrogen-bond acceptors (Lipinski definition) is 7. The lowest BCUT2D eigenvalue weighted by molar-refractivity contribution is 0.151. The van der Waals surface area contributed by atoms with E-state index in [4.69, 9.17) is 30.5 Å². The maximum atomic E-state index is 12.2. The van der Waals surface area contributed by atoms with E-state index in [1.54, 1.807) is 12.1 Å². The quantitative estimate of drug-likeness (QED) is 0.560. The van der Waals surface area contributed by atoms with Crippen LogP contribution in [-0.4, -0.2) is 71.7 Å². The molecule has 1 N–H and O–H groups in total. The summed E-state index contributed by atoms with van der Waals surface area (Å²) in [7, 11) is 4.57. The van der Waals surface area contributed by atoms with Gasteiger partial charge in [-0.25, -0.2) is 4.79 Å². The summed E-state index contributed by atoms with van der Waals surface area (Å²) in [4.78, 5) is 16.9. The molecule has 9 heteroatoms. The minimum Gasteiger partial charge on any atom is -0.493 e. The molecule has 0 saturated carbocycles. The van der Waals surface area contributed by atoms with Crippen LogP contribution in [0.1, 0.15) is 6.42 Å². The molecule has 1 amide bonds. The fraction of sp³-hybridized carbons (Fsp3) is 0.435. The van der Waals surface area contributed by atoms with Gasteiger partial charge in [0.25, 0.3) is 0 Å². The molecule has 1 aliphatic rings. The molecule has 1 saturated heterocycles. The number of nitrogens with one attached hydrogen (secondary N) is 1. The second-order valence-electron chi connectivity index (χ2n) is 7.33. The molecule has 0 radical (unpaired) electrons. The fourth-order valence-electron chi connectivity index (χ4n) is 3.64. The lowest BCUT2D eigenvalue weighted by Crippen LogP contribution is -2.46. The van der Waals surface area contributed by atoms with Crippen molar-refractivity contribution in [2.45, 2.75) is 6.42 Å². The average Bonchev–Trinajstić information content (AvgIpc) is 2.82. The predicted molar refractivity (Wildman–Crippen MR) is 126 cm³/mol. The number of benzene rings is 2. The van der Waals surface area contributed by atoms with Gasteiger partial charge in [-0.3, -0.25) is 10.2 Å². The highest BCUT2D eigenvalue weighted by atomic mass is 35.5. The van der Waals surface area contributed by atoms with Gasteiger partial charge >= 0.3 is 6.09 Å². The number of halogens is 1. The van der Waals surface area contributed by atoms with Crippen LogP contribution < -0.4 is 24.4 Å². The maximum absolute atomic E-state index is 12.2. The maximum Gasteiger partial charge on any atom is 0.411 e. The summed E-state index contributed by atoms with van der Waals surface area (Å²) in [5, 5.41) is 3.45. The number of rotatable bonds is 9. The van der Waals surface area contributed by atoms with E-state index in [1.807, 2.05) is 12.1 Å². The lowest BCUT2D eigenvalue weighted by atomic mass is 10.2. The SMILES string of the molecule is COc1cc(NC(=O)OCCCN2CCN(c3ccc(Cl)cc3)CC2)cc(OC)c1OC. The van der Waals surface area contributed by atoms with Gasteiger partial charge < -0.3 is 23.8 Å². The van der Waals surface area contributed by atoms with Crippen molar-refractivity contribution in [3.05, 3.63) is 41.4 Å². The molecule has 0 atom stereocenters. The van der Waals surface area contributed by atoms with E-state index in [0.29, 0.717) is 29.5 Å². The molecule has 0 spiro atoms. The van der Waals surface area contributed by atoms with Crippen molar-refractivity contribution in [2.24, 2.45) is 0 Å². The van der Waals surface area contributed by atoms with Crippen molar-refractivity contribution in [2.75, 3.05) is 70.9 Å². The van der Waals surface area contributed by atoms with Gasteiger partial charge in [-0.05, 0) is 30.7 Å². The molecule has 0 aliphatic carbocycles. The van der Waals surface area contributed by atoms with Crippen LogP contribution in [0.2, 0.25) is 5.02 Å². The number of piperazine rings is 1. The Balaban J connectivity index is 1.38. The Morgan fingerprint density at radius 1 is 0.969 bits per heavy atom. The molecule has 3 rings (SSSR count). The van der Waals surface area contributed by atoms with Gasteiger partial charge in [0.05, 0.1) is 33.6 Å². The smallest absolute Gasteiger partial charge is 0.411 e. The zero-order valence-electron chi connectivity index (χ0n) is 18.7. The first-order valence-corrected chi connectivity index (χ1v) is 10.9. The van der Waals surface area contributed by atoms with Crippen LogP contribution in [0, 0.1) is 0 Å². The summed E-state index contributed by atoms with van der Waals surface area (Å²) in [6.07, 6.45) is 0.246. The van der Waals surface area contributed by atoms with Crippen molar-refractivity contribution < 1.29 is 23.7 Å². The van der Waals surface area contributed by atoms with Gasteiger partial charge in [0.2, 0.25) is 5.75 Å². The van der Waals surface area contributed by atoms with Crippen LogP contribution in [-0.2, 0) is 4.74 Å². The van der Waals surface area contributed by atoms with Gasteiger partial charge in [0, 0.05) is 55.6 Å². The van der Waals surface area contributed by atoms with Gasteiger partial charge in [-0.1, -0.05) is 11.6 Å². The molecule has 1 fully saturated rings. The highest BCUT2D eigenvalue weighted by Gasteiger charge is 2.17. The van der Waals surface area contributed by atoms with Crippen LogP contribution in [0.25, 0.3) is 0 Å². The van der Waals surface area contributed by atoms with Crippen LogP contribution in [0.4, 0.5) is 16.2 Å². The minimum absolute atomic E-state index is 0.341. The van der Waals surface area contributed by atoms with Gasteiger partial charge in [0.15, 0.2) is 11.5 Å². The minimum atomic E-state index is -0.521. The predicted octanol–water partition coefficient (Wildman–Crippen LogP) is 4.13. The zero-order chi connectivity index (χ0) is 22.9. The van der Waals surface area contributed by atoms with E-state index < -0.39 is 6.09 Å². The second-order valence-corrected chi connectivity index (χ2v) is 7.77. The van der Waals surface area contributed by atoms with Crippen molar-refractivity contribution >= 4 is 29.1 Å². The molecule has 0 aromatic heterocycles. The van der Waals surface area contributed by atoms with E-state index in [-0.39, 0.29) is 0 Å². The summed E-state index contributed by atoms with van der Waals surface area (Å²) >= 11 is 5.97. The molecule has 1 aliphatic heterocycles. The summed E-state index contributed by atoms with van der Waals surface area (Å²) in [6, 6.07) is 11.3. The molecule has 1 heterocycles. The molecular weight excluding hydrogens is 434 g/mol. The van der Waals surface area contributed by atoms with E-state index in [0.717, 1.165) is 44.2 Å². The topological polar surface area (TPSA) is 72.5 Å². The summed E-state index contributed by atoms with van der Waals surface area (Å²) in [5.74, 6) is 1.38. The van der Waals surface area contributed by atoms with E-state index in [9.17, 15) is 4.79 Å². The largest absolute Gasteiger partial charge is 0.493 e. The molecular formula is C23H30ClN3O5. The van der Waals surface area contributed by atoms with E-state index in [1.165, 1.54) is 27.0 Å². The normalized spacial score (nSPS) is 14.1. The number of amides is 1. The lowest BCUT2D eigenvalue weighted by Gasteiger charge is -2.36. The molecule has 8 nitrogen and oxygen atoms in total. The number of ether oxygens (including phenoxy) is 4. The summed E-state index contributed by atoms with van der Waals surface area (Å²) < 4.78 is 21.2. The zero-order valence-corrected chi connectivity index (χ0v) is 19.5. The van der Waals surface area contributed by atoms with Crippen LogP contribution in [0.15, 0.2) is 36.4 Å². The third-order valence-electron chi connectivity index (χ3n) is 5.33. The van der Waals surface area contributed by atoms with E-state index >= 15 is 0 Å². The van der Waals surface area contributed by atoms with Gasteiger partial charge in [-0.15, -0.1) is 0 Å². The Morgan fingerprint density at radius 2 is 1.59 bits per heavy atom. The summed E-state index contributed by atoms with van der Waals surface area (Å²) in [5.41, 5.74) is 1.70. The number of methoxy groups -OCH3 is 3. The number of nitrogens with zero attached hydrogens (tertiary/aromatic N) is 2. The third kappa shape index (κ3) is 6.34. The molecule has 0 bridgehead atoms. The van der Waals surface area contributed by atoms with Crippen molar-refractivity contribution in [3.8, 4) is 17.2 Å². The second kappa shape index (κ2) is 11.7. The van der Waals surface area contributed by atoms with Crippen molar-refractivity contribution in [1.82, 2.24) is 4.90 Å². The highest BCUT2D eigenvalue weighted by molar-refractivity contribution is 6.30. The number of anilines is 2. The fourth-order valence-corrected chi connectivity index (χ4v) is 3.77. The Bertz CT molecular complexity index is 861. The van der Waals surface area contributed by atoms with Crippen LogP contribution >= 0.6 is 11.6 Å². The number of carbonyl (C=O) groups excluding carboxylic acids is 1. The Labute approximate surface area is 193 Å². The van der Waals surface area contributed by atoms with Gasteiger partial charge in [0.1, 0.15) is 0 Å². The van der Waals surface area contributed by atoms with Gasteiger partial charge in [-0.2, -0.15) is 0 Å². The summed E-state index contributed by atoms with van der Waals surface area (Å²) in [6.45, 7) is 5.09. The van der Waals surface area contributed by atoms with E-state index in [2.05, 4.69) is 27.2 Å². The van der Waals surface area contributed by atoms with Crippen molar-refractivity contribution in [1.29, 1.82) is 0 Å². The average molecular weight is 464 g/mol. The Hall–Kier alpha value is -2.84. The van der Waals surface area contributed by atoms with Crippen molar-refractivity contribution in [3.63, 3.8) is 0 Å². The number of carbonyl (C=O) groups is 1. The van der Waals surface area contributed by atoms with Crippen LogP contribution in [0.5, 0.6) is 17.2 Å². The number of hydrogen-bond donors (Lipinski definition) is 1. The Kier molecular flexibility index (Phi) is 8.70.